The third kappa shape index (κ3) is 2.82. The highest BCUT2D eigenvalue weighted by Gasteiger charge is 2.23. The molecule has 18 heavy (non-hydrogen) atoms. The van der Waals surface area contributed by atoms with E-state index in [4.69, 9.17) is 23.2 Å². The van der Waals surface area contributed by atoms with Crippen molar-refractivity contribution in [2.45, 2.75) is 18.9 Å². The number of hydrogen-bond acceptors (Lipinski definition) is 3. The first-order valence-corrected chi connectivity index (χ1v) is 7.45. The smallest absolute Gasteiger partial charge is 0.177 e. The molecular formula is C12H11Cl2N3S. The first-order valence-electron chi connectivity index (χ1n) is 5.71. The second kappa shape index (κ2) is 5.11. The van der Waals surface area contributed by atoms with E-state index in [0.29, 0.717) is 16.1 Å². The topological polar surface area (TPSA) is 36.8 Å². The van der Waals surface area contributed by atoms with Crippen molar-refractivity contribution in [3.05, 3.63) is 33.8 Å². The van der Waals surface area contributed by atoms with Crippen LogP contribution in [0.3, 0.4) is 0 Å². The Hall–Kier alpha value is -0.710. The fourth-order valence-corrected chi connectivity index (χ4v) is 2.96. The predicted octanol–water partition coefficient (Wildman–Crippen LogP) is 3.55. The molecule has 2 aliphatic rings. The highest BCUT2D eigenvalue weighted by Crippen LogP contribution is 2.27. The van der Waals surface area contributed by atoms with Crippen LogP contribution in [0.1, 0.15) is 18.4 Å². The van der Waals surface area contributed by atoms with Crippen LogP contribution in [0.5, 0.6) is 0 Å². The number of nitrogens with zero attached hydrogens (tertiary/aromatic N) is 2. The van der Waals surface area contributed by atoms with Gasteiger partial charge in [0.1, 0.15) is 0 Å². The van der Waals surface area contributed by atoms with E-state index in [2.05, 4.69) is 15.5 Å². The Morgan fingerprint density at radius 2 is 2.17 bits per heavy atom. The van der Waals surface area contributed by atoms with E-state index in [-0.39, 0.29) is 0 Å². The molecule has 94 valence electrons. The molecule has 1 aromatic carbocycles. The van der Waals surface area contributed by atoms with Crippen molar-refractivity contribution < 1.29 is 0 Å². The molecule has 0 unspecified atom stereocenters. The highest BCUT2D eigenvalue weighted by molar-refractivity contribution is 8.14. The number of hydrogen-bond donors (Lipinski definition) is 1. The molecule has 1 heterocycles. The number of hydrazone groups is 1. The first-order chi connectivity index (χ1) is 8.72. The van der Waals surface area contributed by atoms with Gasteiger partial charge in [0.2, 0.25) is 0 Å². The molecule has 1 saturated carbocycles. The standard InChI is InChI=1S/C12H11Cl2N3S/c13-7-1-4-9(10(14)5-7)11-6-18-12(17-16-11)15-8-2-3-8/h1,4-5,8H,2-3,6H2,(H,15,17). The van der Waals surface area contributed by atoms with Crippen LogP contribution in [0.25, 0.3) is 0 Å². The maximum absolute atomic E-state index is 6.16. The third-order valence-corrected chi connectivity index (χ3v) is 4.16. The van der Waals surface area contributed by atoms with Crippen molar-refractivity contribution in [2.75, 3.05) is 5.75 Å². The number of amidine groups is 1. The normalized spacial score (nSPS) is 21.7. The summed E-state index contributed by atoms with van der Waals surface area (Å²) in [6, 6.07) is 5.97. The first kappa shape index (κ1) is 12.3. The minimum Gasteiger partial charge on any atom is -0.258 e. The van der Waals surface area contributed by atoms with Crippen molar-refractivity contribution in [1.82, 2.24) is 5.43 Å². The maximum atomic E-state index is 6.16. The molecule has 0 radical (unpaired) electrons. The van der Waals surface area contributed by atoms with Crippen LogP contribution in [0.2, 0.25) is 10.0 Å². The molecule has 0 atom stereocenters. The van der Waals surface area contributed by atoms with Gasteiger partial charge in [-0.05, 0) is 25.0 Å². The van der Waals surface area contributed by atoms with Gasteiger partial charge in [-0.25, -0.2) is 0 Å². The SMILES string of the molecule is Clc1ccc(C2=NNC(=NC3CC3)SC2)c(Cl)c1. The Balaban J connectivity index is 1.79. The summed E-state index contributed by atoms with van der Waals surface area (Å²) in [5.74, 6) is 0.778. The number of aliphatic imine (C=N–C) groups is 1. The van der Waals surface area contributed by atoms with Gasteiger partial charge in [0, 0.05) is 16.3 Å². The van der Waals surface area contributed by atoms with E-state index in [1.165, 1.54) is 12.8 Å². The van der Waals surface area contributed by atoms with Gasteiger partial charge in [-0.15, -0.1) is 0 Å². The molecule has 0 bridgehead atoms. The minimum absolute atomic E-state index is 0.510. The largest absolute Gasteiger partial charge is 0.258 e. The van der Waals surface area contributed by atoms with Crippen molar-refractivity contribution in [1.29, 1.82) is 0 Å². The van der Waals surface area contributed by atoms with Gasteiger partial charge in [0.15, 0.2) is 5.17 Å². The molecule has 1 fully saturated rings. The van der Waals surface area contributed by atoms with E-state index < -0.39 is 0 Å². The monoisotopic (exact) mass is 299 g/mol. The van der Waals surface area contributed by atoms with Gasteiger partial charge >= 0.3 is 0 Å². The average molecular weight is 300 g/mol. The zero-order valence-electron chi connectivity index (χ0n) is 9.49. The molecule has 0 aromatic heterocycles. The lowest BCUT2D eigenvalue weighted by atomic mass is 10.1. The van der Waals surface area contributed by atoms with E-state index >= 15 is 0 Å². The van der Waals surface area contributed by atoms with Crippen LogP contribution >= 0.6 is 35.0 Å². The second-order valence-electron chi connectivity index (χ2n) is 4.25. The van der Waals surface area contributed by atoms with Crippen LogP contribution in [-0.4, -0.2) is 22.7 Å². The average Bonchev–Trinajstić information content (AvgIpc) is 3.15. The lowest BCUT2D eigenvalue weighted by molar-refractivity contribution is 0.985. The molecule has 3 nitrogen and oxygen atoms in total. The van der Waals surface area contributed by atoms with Gasteiger partial charge in [-0.1, -0.05) is 41.0 Å². The van der Waals surface area contributed by atoms with E-state index in [1.54, 1.807) is 17.8 Å². The van der Waals surface area contributed by atoms with E-state index in [9.17, 15) is 0 Å². The molecule has 1 aromatic rings. The van der Waals surface area contributed by atoms with Crippen molar-refractivity contribution in [3.63, 3.8) is 0 Å². The third-order valence-electron chi connectivity index (χ3n) is 2.72. The Kier molecular flexibility index (Phi) is 3.50. The van der Waals surface area contributed by atoms with Gasteiger partial charge in [-0.3, -0.25) is 10.4 Å². The zero-order chi connectivity index (χ0) is 12.5. The summed E-state index contributed by atoms with van der Waals surface area (Å²) in [5, 5.41) is 6.52. The number of thioether (sulfide) groups is 1. The Labute approximate surface area is 120 Å². The fraction of sp³-hybridized carbons (Fsp3) is 0.333. The van der Waals surface area contributed by atoms with Gasteiger partial charge in [0.05, 0.1) is 16.8 Å². The summed E-state index contributed by atoms with van der Waals surface area (Å²) in [7, 11) is 0. The minimum atomic E-state index is 0.510. The molecule has 0 spiro atoms. The summed E-state index contributed by atoms with van der Waals surface area (Å²) in [6.45, 7) is 0. The van der Waals surface area contributed by atoms with Gasteiger partial charge in [0.25, 0.3) is 0 Å². The van der Waals surface area contributed by atoms with Crippen molar-refractivity contribution >= 4 is 45.8 Å². The lowest BCUT2D eigenvalue weighted by Crippen LogP contribution is -2.25. The summed E-state index contributed by atoms with van der Waals surface area (Å²) >= 11 is 13.7. The van der Waals surface area contributed by atoms with Crippen LogP contribution in [0.15, 0.2) is 28.3 Å². The number of rotatable bonds is 2. The summed E-state index contributed by atoms with van der Waals surface area (Å²) < 4.78 is 0. The molecular weight excluding hydrogens is 289 g/mol. The van der Waals surface area contributed by atoms with Gasteiger partial charge < -0.3 is 0 Å². The van der Waals surface area contributed by atoms with Crippen LogP contribution in [-0.2, 0) is 0 Å². The fourth-order valence-electron chi connectivity index (χ4n) is 1.61. The molecule has 1 aliphatic carbocycles. The summed E-state index contributed by atoms with van der Waals surface area (Å²) in [4.78, 5) is 4.52. The maximum Gasteiger partial charge on any atom is 0.177 e. The molecule has 3 rings (SSSR count). The summed E-state index contributed by atoms with van der Waals surface area (Å²) in [6.07, 6.45) is 2.40. The molecule has 0 amide bonds. The molecule has 0 saturated heterocycles. The second-order valence-corrected chi connectivity index (χ2v) is 6.06. The Bertz CT molecular complexity index is 538. The predicted molar refractivity (Wildman–Crippen MR) is 79.0 cm³/mol. The van der Waals surface area contributed by atoms with Gasteiger partial charge in [-0.2, -0.15) is 5.10 Å². The number of nitrogens with one attached hydrogen (secondary N) is 1. The van der Waals surface area contributed by atoms with Crippen LogP contribution in [0.4, 0.5) is 0 Å². The highest BCUT2D eigenvalue weighted by atomic mass is 35.5. The number of benzene rings is 1. The van der Waals surface area contributed by atoms with Crippen LogP contribution in [0, 0.1) is 0 Å². The van der Waals surface area contributed by atoms with E-state index in [0.717, 1.165) is 22.2 Å². The molecule has 1 aliphatic heterocycles. The molecule has 6 heteroatoms. The lowest BCUT2D eigenvalue weighted by Gasteiger charge is -2.15. The quantitative estimate of drug-likeness (QED) is 0.907. The van der Waals surface area contributed by atoms with Crippen molar-refractivity contribution in [3.8, 4) is 0 Å². The summed E-state index contributed by atoms with van der Waals surface area (Å²) in [5.41, 5.74) is 4.84. The Morgan fingerprint density at radius 3 is 2.78 bits per heavy atom. The zero-order valence-corrected chi connectivity index (χ0v) is 11.8. The van der Waals surface area contributed by atoms with Crippen molar-refractivity contribution in [2.24, 2.45) is 10.1 Å². The number of halogens is 2. The Morgan fingerprint density at radius 1 is 1.33 bits per heavy atom. The molecule has 1 N–H and O–H groups in total. The van der Waals surface area contributed by atoms with Crippen LogP contribution < -0.4 is 5.43 Å². The van der Waals surface area contributed by atoms with E-state index in [1.807, 2.05) is 12.1 Å².